The van der Waals surface area contributed by atoms with Crippen molar-refractivity contribution in [3.63, 3.8) is 0 Å². The van der Waals surface area contributed by atoms with Crippen molar-refractivity contribution in [2.24, 2.45) is 0 Å². The number of carbonyl (C=O) groups is 2. The topological polar surface area (TPSA) is 76.0 Å². The van der Waals surface area contributed by atoms with Crippen molar-refractivity contribution in [3.8, 4) is 0 Å². The van der Waals surface area contributed by atoms with Gasteiger partial charge in [-0.1, -0.05) is 37.3 Å². The fourth-order valence-electron chi connectivity index (χ4n) is 3.33. The van der Waals surface area contributed by atoms with E-state index in [9.17, 15) is 9.59 Å². The molecule has 0 aliphatic carbocycles. The number of nitrogens with one attached hydrogen (secondary N) is 2. The zero-order valence-electron chi connectivity index (χ0n) is 15.8. The first-order valence-corrected chi connectivity index (χ1v) is 9.17. The Bertz CT molecular complexity index is 963. The average Bonchev–Trinajstić information content (AvgIpc) is 3.01. The number of nitrogens with zero attached hydrogens (tertiary/aromatic N) is 2. The highest BCUT2D eigenvalue weighted by Crippen LogP contribution is 2.19. The molecule has 2 N–H and O–H groups in total. The maximum absolute atomic E-state index is 12.5. The van der Waals surface area contributed by atoms with E-state index in [2.05, 4.69) is 27.3 Å². The molecule has 3 aromatic rings. The number of aryl methyl sites for hydroxylation is 2. The van der Waals surface area contributed by atoms with Crippen LogP contribution in [0.4, 0.5) is 0 Å². The van der Waals surface area contributed by atoms with Crippen molar-refractivity contribution < 1.29 is 9.59 Å². The molecule has 6 heteroatoms. The van der Waals surface area contributed by atoms with Crippen LogP contribution < -0.4 is 10.9 Å². The molecule has 2 aromatic carbocycles. The summed E-state index contributed by atoms with van der Waals surface area (Å²) in [5.41, 5.74) is 8.19. The number of benzene rings is 2. The van der Waals surface area contributed by atoms with Crippen LogP contribution in [0.5, 0.6) is 0 Å². The number of rotatable bonds is 5. The van der Waals surface area contributed by atoms with Crippen LogP contribution in [0.1, 0.15) is 47.9 Å². The Morgan fingerprint density at radius 1 is 1.07 bits per heavy atom. The van der Waals surface area contributed by atoms with E-state index in [1.54, 1.807) is 12.1 Å². The zero-order valence-corrected chi connectivity index (χ0v) is 15.8. The van der Waals surface area contributed by atoms with Gasteiger partial charge >= 0.3 is 0 Å². The van der Waals surface area contributed by atoms with E-state index in [1.165, 1.54) is 0 Å². The predicted octanol–water partition coefficient (Wildman–Crippen LogP) is 3.32. The van der Waals surface area contributed by atoms with Gasteiger partial charge in [0.15, 0.2) is 0 Å². The standard InChI is InChI=1S/C21H24N4O2/c1-4-17(15-9-7-6-8-10-15)21(27)24-23-20(26)16-11-12-19-18(13-16)22-14(3)25(19)5-2/h6-13,17H,4-5H2,1-3H3,(H,23,26)(H,24,27). The number of hydrazine groups is 1. The third-order valence-corrected chi connectivity index (χ3v) is 4.74. The highest BCUT2D eigenvalue weighted by Gasteiger charge is 2.19. The van der Waals surface area contributed by atoms with Gasteiger partial charge in [-0.3, -0.25) is 20.4 Å². The Kier molecular flexibility index (Phi) is 5.54. The lowest BCUT2D eigenvalue weighted by Crippen LogP contribution is -2.43. The summed E-state index contributed by atoms with van der Waals surface area (Å²) in [6.45, 7) is 6.76. The van der Waals surface area contributed by atoms with Crippen LogP contribution >= 0.6 is 0 Å². The Balaban J connectivity index is 1.70. The minimum Gasteiger partial charge on any atom is -0.329 e. The quantitative estimate of drug-likeness (QED) is 0.682. The smallest absolute Gasteiger partial charge is 0.269 e. The van der Waals surface area contributed by atoms with Crippen molar-refractivity contribution in [1.29, 1.82) is 0 Å². The molecule has 0 spiro atoms. The number of imidazole rings is 1. The summed E-state index contributed by atoms with van der Waals surface area (Å²) in [6.07, 6.45) is 0.644. The van der Waals surface area contributed by atoms with Gasteiger partial charge in [-0.15, -0.1) is 0 Å². The van der Waals surface area contributed by atoms with Gasteiger partial charge in [-0.05, 0) is 44.0 Å². The van der Waals surface area contributed by atoms with Gasteiger partial charge in [0.2, 0.25) is 5.91 Å². The van der Waals surface area contributed by atoms with Crippen LogP contribution in [0.3, 0.4) is 0 Å². The van der Waals surface area contributed by atoms with Gasteiger partial charge in [-0.2, -0.15) is 0 Å². The SMILES string of the molecule is CCC(C(=O)NNC(=O)c1ccc2c(c1)nc(C)n2CC)c1ccccc1. The fourth-order valence-corrected chi connectivity index (χ4v) is 3.33. The van der Waals surface area contributed by atoms with E-state index in [4.69, 9.17) is 0 Å². The first-order chi connectivity index (χ1) is 13.0. The fraction of sp³-hybridized carbons (Fsp3) is 0.286. The number of aromatic nitrogens is 2. The maximum Gasteiger partial charge on any atom is 0.269 e. The second kappa shape index (κ2) is 8.03. The molecule has 27 heavy (non-hydrogen) atoms. The summed E-state index contributed by atoms with van der Waals surface area (Å²) >= 11 is 0. The first kappa shape index (κ1) is 18.6. The maximum atomic E-state index is 12.5. The van der Waals surface area contributed by atoms with Crippen LogP contribution in [0.2, 0.25) is 0 Å². The normalized spacial score (nSPS) is 12.0. The Hall–Kier alpha value is -3.15. The molecule has 0 aliphatic heterocycles. The highest BCUT2D eigenvalue weighted by atomic mass is 16.2. The van der Waals surface area contributed by atoms with E-state index < -0.39 is 0 Å². The monoisotopic (exact) mass is 364 g/mol. The van der Waals surface area contributed by atoms with Crippen LogP contribution in [0.25, 0.3) is 11.0 Å². The zero-order chi connectivity index (χ0) is 19.4. The molecule has 0 saturated carbocycles. The summed E-state index contributed by atoms with van der Waals surface area (Å²) in [4.78, 5) is 29.4. The van der Waals surface area contributed by atoms with Gasteiger partial charge in [0.05, 0.1) is 17.0 Å². The van der Waals surface area contributed by atoms with E-state index in [0.29, 0.717) is 12.0 Å². The largest absolute Gasteiger partial charge is 0.329 e. The lowest BCUT2D eigenvalue weighted by Gasteiger charge is -2.16. The van der Waals surface area contributed by atoms with Crippen LogP contribution in [-0.2, 0) is 11.3 Å². The molecule has 1 heterocycles. The molecular weight excluding hydrogens is 340 g/mol. The molecule has 140 valence electrons. The summed E-state index contributed by atoms with van der Waals surface area (Å²) in [7, 11) is 0. The molecule has 0 radical (unpaired) electrons. The second-order valence-corrected chi connectivity index (χ2v) is 6.42. The number of carbonyl (C=O) groups excluding carboxylic acids is 2. The molecule has 1 aromatic heterocycles. The Morgan fingerprint density at radius 2 is 1.81 bits per heavy atom. The average molecular weight is 364 g/mol. The summed E-state index contributed by atoms with van der Waals surface area (Å²) in [5, 5.41) is 0. The van der Waals surface area contributed by atoms with Crippen molar-refractivity contribution in [1.82, 2.24) is 20.4 Å². The van der Waals surface area contributed by atoms with Gasteiger partial charge in [0.25, 0.3) is 5.91 Å². The van der Waals surface area contributed by atoms with Crippen molar-refractivity contribution >= 4 is 22.8 Å². The lowest BCUT2D eigenvalue weighted by atomic mass is 9.96. The third-order valence-electron chi connectivity index (χ3n) is 4.74. The van der Waals surface area contributed by atoms with Gasteiger partial charge in [0.1, 0.15) is 5.82 Å². The van der Waals surface area contributed by atoms with Crippen molar-refractivity contribution in [2.75, 3.05) is 0 Å². The molecule has 0 fully saturated rings. The Morgan fingerprint density at radius 3 is 2.48 bits per heavy atom. The van der Waals surface area contributed by atoms with E-state index >= 15 is 0 Å². The first-order valence-electron chi connectivity index (χ1n) is 9.17. The molecule has 2 amide bonds. The summed E-state index contributed by atoms with van der Waals surface area (Å²) < 4.78 is 2.09. The lowest BCUT2D eigenvalue weighted by molar-refractivity contribution is -0.123. The Labute approximate surface area is 158 Å². The van der Waals surface area contributed by atoms with Crippen LogP contribution in [0.15, 0.2) is 48.5 Å². The van der Waals surface area contributed by atoms with Crippen LogP contribution in [0, 0.1) is 6.92 Å². The number of fused-ring (bicyclic) bond motifs is 1. The molecule has 1 unspecified atom stereocenters. The van der Waals surface area contributed by atoms with Gasteiger partial charge < -0.3 is 4.57 Å². The van der Waals surface area contributed by atoms with E-state index in [0.717, 1.165) is 29.0 Å². The minimum atomic E-state index is -0.364. The molecule has 0 bridgehead atoms. The highest BCUT2D eigenvalue weighted by molar-refractivity contribution is 5.98. The number of hydrogen-bond donors (Lipinski definition) is 2. The minimum absolute atomic E-state index is 0.232. The van der Waals surface area contributed by atoms with Crippen molar-refractivity contribution in [3.05, 3.63) is 65.5 Å². The third kappa shape index (κ3) is 3.84. The van der Waals surface area contributed by atoms with E-state index in [1.807, 2.05) is 50.2 Å². The molecule has 1 atom stereocenters. The summed E-state index contributed by atoms with van der Waals surface area (Å²) in [5.74, 6) is 0.00462. The molecule has 0 aliphatic rings. The number of amides is 2. The number of hydrogen-bond acceptors (Lipinski definition) is 3. The second-order valence-electron chi connectivity index (χ2n) is 6.42. The summed E-state index contributed by atoms with van der Waals surface area (Å²) in [6, 6.07) is 14.9. The van der Waals surface area contributed by atoms with Crippen LogP contribution in [-0.4, -0.2) is 21.4 Å². The van der Waals surface area contributed by atoms with Gasteiger partial charge in [0, 0.05) is 12.1 Å². The van der Waals surface area contributed by atoms with E-state index in [-0.39, 0.29) is 17.7 Å². The molecular formula is C21H24N4O2. The predicted molar refractivity (Wildman–Crippen MR) is 105 cm³/mol. The molecule has 0 saturated heterocycles. The molecule has 3 rings (SSSR count). The van der Waals surface area contributed by atoms with Gasteiger partial charge in [-0.25, -0.2) is 4.98 Å². The molecule has 6 nitrogen and oxygen atoms in total. The van der Waals surface area contributed by atoms with Crippen molar-refractivity contribution in [2.45, 2.75) is 39.7 Å².